The number of rotatable bonds is 4. The molecule has 0 aliphatic carbocycles. The fourth-order valence-corrected chi connectivity index (χ4v) is 2.55. The number of nitrogens with zero attached hydrogens (tertiary/aromatic N) is 1. The van der Waals surface area contributed by atoms with Gasteiger partial charge in [-0.05, 0) is 33.0 Å². The van der Waals surface area contributed by atoms with Gasteiger partial charge in [0.1, 0.15) is 5.82 Å². The molecule has 0 unspecified atom stereocenters. The first kappa shape index (κ1) is 15.7. The predicted molar refractivity (Wildman–Crippen MR) is 80.0 cm³/mol. The van der Waals surface area contributed by atoms with Gasteiger partial charge >= 0.3 is 6.03 Å². The van der Waals surface area contributed by atoms with Crippen LogP contribution in [0.2, 0.25) is 0 Å². The first-order valence-corrected chi connectivity index (χ1v) is 7.14. The summed E-state index contributed by atoms with van der Waals surface area (Å²) in [5.41, 5.74) is 0.907. The topological polar surface area (TPSA) is 53.6 Å². The van der Waals surface area contributed by atoms with Crippen molar-refractivity contribution in [2.45, 2.75) is 26.0 Å². The molecule has 2 amide bonds. The van der Waals surface area contributed by atoms with Gasteiger partial charge in [0.25, 0.3) is 0 Å². The number of likely N-dealkylation sites (N-methyl/N-ethyl adjacent to an activating group) is 1. The number of ether oxygens (including phenoxy) is 1. The molecular weight excluding hydrogens is 273 g/mol. The number of benzene rings is 1. The van der Waals surface area contributed by atoms with E-state index < -0.39 is 0 Å². The Bertz CT molecular complexity index is 510. The summed E-state index contributed by atoms with van der Waals surface area (Å²) in [6, 6.07) is 4.22. The Balaban J connectivity index is 1.96. The summed E-state index contributed by atoms with van der Waals surface area (Å²) in [6.45, 7) is 5.71. The number of halogens is 1. The highest BCUT2D eigenvalue weighted by molar-refractivity contribution is 5.90. The van der Waals surface area contributed by atoms with Crippen molar-refractivity contribution in [3.8, 4) is 0 Å². The highest BCUT2D eigenvalue weighted by atomic mass is 19.1. The van der Waals surface area contributed by atoms with Gasteiger partial charge in [0.15, 0.2) is 0 Å². The second kappa shape index (κ2) is 6.87. The minimum absolute atomic E-state index is 0.0145. The second-order valence-corrected chi connectivity index (χ2v) is 5.33. The highest BCUT2D eigenvalue weighted by Gasteiger charge is 2.32. The van der Waals surface area contributed by atoms with Crippen LogP contribution in [0.1, 0.15) is 12.5 Å². The summed E-state index contributed by atoms with van der Waals surface area (Å²) in [6.07, 6.45) is -0.0145. The van der Waals surface area contributed by atoms with Gasteiger partial charge in [-0.1, -0.05) is 6.07 Å². The smallest absolute Gasteiger partial charge is 0.319 e. The molecule has 6 heteroatoms. The van der Waals surface area contributed by atoms with Crippen LogP contribution in [0.15, 0.2) is 18.2 Å². The number of hydrogen-bond acceptors (Lipinski definition) is 3. The van der Waals surface area contributed by atoms with Crippen LogP contribution in [0.5, 0.6) is 0 Å². The SMILES string of the molecule is CCO[C@H]1CN(C)C[C@@H]1NC(=O)Nc1cccc(F)c1C. The lowest BCUT2D eigenvalue weighted by Gasteiger charge is -2.20. The molecule has 1 fully saturated rings. The number of carbonyl (C=O) groups excluding carboxylic acids is 1. The Morgan fingerprint density at radius 3 is 2.95 bits per heavy atom. The van der Waals surface area contributed by atoms with Crippen LogP contribution in [0, 0.1) is 12.7 Å². The fourth-order valence-electron chi connectivity index (χ4n) is 2.55. The Labute approximate surface area is 124 Å². The Kier molecular flexibility index (Phi) is 5.14. The number of carbonyl (C=O) groups is 1. The van der Waals surface area contributed by atoms with E-state index in [1.165, 1.54) is 6.07 Å². The van der Waals surface area contributed by atoms with Gasteiger partial charge in [-0.25, -0.2) is 9.18 Å². The van der Waals surface area contributed by atoms with Crippen molar-refractivity contribution in [3.63, 3.8) is 0 Å². The minimum Gasteiger partial charge on any atom is -0.375 e. The molecule has 1 aliphatic heterocycles. The molecule has 1 aromatic carbocycles. The molecule has 1 aromatic rings. The summed E-state index contributed by atoms with van der Waals surface area (Å²) in [5, 5.41) is 5.59. The minimum atomic E-state index is -0.339. The van der Waals surface area contributed by atoms with E-state index in [-0.39, 0.29) is 24.0 Å². The maximum Gasteiger partial charge on any atom is 0.319 e. The molecule has 2 atom stereocenters. The van der Waals surface area contributed by atoms with Gasteiger partial charge < -0.3 is 20.3 Å². The molecule has 0 spiro atoms. The van der Waals surface area contributed by atoms with Gasteiger partial charge in [0.05, 0.1) is 12.1 Å². The van der Waals surface area contributed by atoms with E-state index in [0.717, 1.165) is 13.1 Å². The molecular formula is C15H22FN3O2. The van der Waals surface area contributed by atoms with Crippen LogP contribution in [0.3, 0.4) is 0 Å². The van der Waals surface area contributed by atoms with Crippen LogP contribution in [-0.4, -0.2) is 49.8 Å². The van der Waals surface area contributed by atoms with Gasteiger partial charge in [-0.3, -0.25) is 0 Å². The molecule has 116 valence electrons. The third kappa shape index (κ3) is 3.92. The van der Waals surface area contributed by atoms with Crippen LogP contribution in [0.25, 0.3) is 0 Å². The fraction of sp³-hybridized carbons (Fsp3) is 0.533. The molecule has 0 bridgehead atoms. The van der Waals surface area contributed by atoms with Crippen LogP contribution < -0.4 is 10.6 Å². The van der Waals surface area contributed by atoms with Gasteiger partial charge in [-0.2, -0.15) is 0 Å². The molecule has 1 saturated heterocycles. The number of likely N-dealkylation sites (tertiary alicyclic amines) is 1. The zero-order chi connectivity index (χ0) is 15.4. The lowest BCUT2D eigenvalue weighted by Crippen LogP contribution is -2.45. The van der Waals surface area contributed by atoms with Gasteiger partial charge in [-0.15, -0.1) is 0 Å². The van der Waals surface area contributed by atoms with E-state index in [1.54, 1.807) is 19.1 Å². The number of amides is 2. The highest BCUT2D eigenvalue weighted by Crippen LogP contribution is 2.18. The summed E-state index contributed by atoms with van der Waals surface area (Å²) < 4.78 is 19.1. The lowest BCUT2D eigenvalue weighted by molar-refractivity contribution is 0.0568. The normalized spacial score (nSPS) is 22.3. The first-order valence-electron chi connectivity index (χ1n) is 7.14. The first-order chi connectivity index (χ1) is 10.0. The summed E-state index contributed by atoms with van der Waals surface area (Å²) in [5.74, 6) is -0.333. The largest absolute Gasteiger partial charge is 0.375 e. The predicted octanol–water partition coefficient (Wildman–Crippen LogP) is 1.97. The van der Waals surface area contributed by atoms with Crippen LogP contribution in [-0.2, 0) is 4.74 Å². The molecule has 2 rings (SSSR count). The lowest BCUT2D eigenvalue weighted by atomic mass is 10.2. The molecule has 21 heavy (non-hydrogen) atoms. The Hall–Kier alpha value is -1.66. The van der Waals surface area contributed by atoms with Crippen LogP contribution in [0.4, 0.5) is 14.9 Å². The van der Waals surface area contributed by atoms with Crippen molar-refractivity contribution in [2.24, 2.45) is 0 Å². The maximum atomic E-state index is 13.4. The van der Waals surface area contributed by atoms with E-state index in [0.29, 0.717) is 17.9 Å². The molecule has 0 saturated carbocycles. The van der Waals surface area contributed by atoms with E-state index in [2.05, 4.69) is 15.5 Å². The van der Waals surface area contributed by atoms with Crippen molar-refractivity contribution in [2.75, 3.05) is 32.1 Å². The quantitative estimate of drug-likeness (QED) is 0.893. The number of hydrogen-bond donors (Lipinski definition) is 2. The molecule has 1 heterocycles. The average Bonchev–Trinajstić information content (AvgIpc) is 2.75. The Morgan fingerprint density at radius 1 is 1.48 bits per heavy atom. The third-order valence-electron chi connectivity index (χ3n) is 3.66. The van der Waals surface area contributed by atoms with Gasteiger partial charge in [0, 0.05) is 30.9 Å². The van der Waals surface area contributed by atoms with E-state index in [1.807, 2.05) is 14.0 Å². The molecule has 5 nitrogen and oxygen atoms in total. The van der Waals surface area contributed by atoms with Crippen molar-refractivity contribution in [3.05, 3.63) is 29.6 Å². The standard InChI is InChI=1S/C15H22FN3O2/c1-4-21-14-9-19(3)8-13(14)18-15(20)17-12-7-5-6-11(16)10(12)2/h5-7,13-14H,4,8-9H2,1-3H3,(H2,17,18,20)/t13-,14-/m0/s1. The van der Waals surface area contributed by atoms with Crippen molar-refractivity contribution >= 4 is 11.7 Å². The summed E-state index contributed by atoms with van der Waals surface area (Å²) in [4.78, 5) is 14.2. The summed E-state index contributed by atoms with van der Waals surface area (Å²) >= 11 is 0. The van der Waals surface area contributed by atoms with Crippen LogP contribution >= 0.6 is 0 Å². The zero-order valence-electron chi connectivity index (χ0n) is 12.6. The number of anilines is 1. The Morgan fingerprint density at radius 2 is 2.24 bits per heavy atom. The number of urea groups is 1. The monoisotopic (exact) mass is 295 g/mol. The second-order valence-electron chi connectivity index (χ2n) is 5.33. The molecule has 2 N–H and O–H groups in total. The van der Waals surface area contributed by atoms with E-state index in [4.69, 9.17) is 4.74 Å². The van der Waals surface area contributed by atoms with Crippen molar-refractivity contribution < 1.29 is 13.9 Å². The summed E-state index contributed by atoms with van der Waals surface area (Å²) in [7, 11) is 1.99. The van der Waals surface area contributed by atoms with E-state index >= 15 is 0 Å². The van der Waals surface area contributed by atoms with Gasteiger partial charge in [0.2, 0.25) is 0 Å². The average molecular weight is 295 g/mol. The van der Waals surface area contributed by atoms with Crippen molar-refractivity contribution in [1.82, 2.24) is 10.2 Å². The maximum absolute atomic E-state index is 13.4. The van der Waals surface area contributed by atoms with E-state index in [9.17, 15) is 9.18 Å². The third-order valence-corrected chi connectivity index (χ3v) is 3.66. The van der Waals surface area contributed by atoms with Crippen molar-refractivity contribution in [1.29, 1.82) is 0 Å². The zero-order valence-corrected chi connectivity index (χ0v) is 12.6. The number of nitrogens with one attached hydrogen (secondary N) is 2. The molecule has 0 radical (unpaired) electrons. The molecule has 1 aliphatic rings. The molecule has 0 aromatic heterocycles.